The van der Waals surface area contributed by atoms with E-state index in [1.54, 1.807) is 11.8 Å². The third-order valence-corrected chi connectivity index (χ3v) is 6.75. The number of nitrogens with one attached hydrogen (secondary N) is 1. The first-order valence-corrected chi connectivity index (χ1v) is 10.9. The monoisotopic (exact) mass is 416 g/mol. The van der Waals surface area contributed by atoms with Crippen molar-refractivity contribution in [3.8, 4) is 0 Å². The maximum absolute atomic E-state index is 12.5. The Balaban J connectivity index is 1.80. The number of alkyl halides is 1. The number of halogens is 1. The molecular weight excluding hydrogens is 392 g/mol. The molecule has 1 aliphatic rings. The molecule has 28 heavy (non-hydrogen) atoms. The Kier molecular flexibility index (Phi) is 6.36. The van der Waals surface area contributed by atoms with Crippen LogP contribution in [-0.4, -0.2) is 23.4 Å². The van der Waals surface area contributed by atoms with Gasteiger partial charge in [-0.2, -0.15) is 0 Å². The second kappa shape index (κ2) is 8.58. The van der Waals surface area contributed by atoms with Crippen molar-refractivity contribution < 1.29 is 9.59 Å². The number of nitrogens with zero attached hydrogens (tertiary/aromatic N) is 1. The molecule has 1 aliphatic heterocycles. The van der Waals surface area contributed by atoms with Gasteiger partial charge in [0.05, 0.1) is 11.2 Å². The number of rotatable bonds is 6. The van der Waals surface area contributed by atoms with Gasteiger partial charge in [0.25, 0.3) is 0 Å². The van der Waals surface area contributed by atoms with Gasteiger partial charge >= 0.3 is 0 Å². The van der Waals surface area contributed by atoms with Crippen molar-refractivity contribution in [2.75, 3.05) is 21.8 Å². The van der Waals surface area contributed by atoms with Crippen molar-refractivity contribution in [1.29, 1.82) is 0 Å². The summed E-state index contributed by atoms with van der Waals surface area (Å²) in [6, 6.07) is 15.8. The Morgan fingerprint density at radius 1 is 1.25 bits per heavy atom. The van der Waals surface area contributed by atoms with E-state index < -0.39 is 5.41 Å². The van der Waals surface area contributed by atoms with Gasteiger partial charge in [-0.15, -0.1) is 23.4 Å². The Hall–Kier alpha value is -1.98. The summed E-state index contributed by atoms with van der Waals surface area (Å²) < 4.78 is 0. The van der Waals surface area contributed by atoms with Crippen molar-refractivity contribution >= 4 is 46.6 Å². The lowest BCUT2D eigenvalue weighted by molar-refractivity contribution is -0.123. The van der Waals surface area contributed by atoms with Crippen molar-refractivity contribution in [3.05, 3.63) is 59.7 Å². The summed E-state index contributed by atoms with van der Waals surface area (Å²) in [5.41, 5.74) is 3.27. The van der Waals surface area contributed by atoms with Crippen LogP contribution >= 0.6 is 23.4 Å². The van der Waals surface area contributed by atoms with E-state index in [2.05, 4.69) is 24.4 Å². The maximum Gasteiger partial charge on any atom is 0.238 e. The van der Waals surface area contributed by atoms with E-state index in [-0.39, 0.29) is 23.1 Å². The molecule has 1 atom stereocenters. The number of hydrogen-bond donors (Lipinski definition) is 1. The van der Waals surface area contributed by atoms with Crippen LogP contribution in [0.3, 0.4) is 0 Å². The fourth-order valence-corrected chi connectivity index (χ4v) is 4.27. The highest BCUT2D eigenvalue weighted by Crippen LogP contribution is 2.42. The SMILES string of the molecule is CCc1cccc(N2C(=O)CS[C@@H]2c2ccc(NC(=O)C(C)(C)CCl)cc2)c1. The highest BCUT2D eigenvalue weighted by Gasteiger charge is 2.34. The van der Waals surface area contributed by atoms with E-state index in [1.165, 1.54) is 5.56 Å². The van der Waals surface area contributed by atoms with Crippen LogP contribution < -0.4 is 10.2 Å². The lowest BCUT2D eigenvalue weighted by Gasteiger charge is -2.25. The second-order valence-electron chi connectivity index (χ2n) is 7.54. The predicted octanol–water partition coefficient (Wildman–Crippen LogP) is 5.23. The molecule has 0 spiro atoms. The number of carbonyl (C=O) groups excluding carboxylic acids is 2. The molecule has 3 rings (SSSR count). The molecule has 0 bridgehead atoms. The Morgan fingerprint density at radius 2 is 1.96 bits per heavy atom. The molecule has 6 heteroatoms. The number of anilines is 2. The fourth-order valence-electron chi connectivity index (χ4n) is 2.97. The molecule has 2 amide bonds. The normalized spacial score (nSPS) is 17.1. The molecule has 2 aromatic rings. The second-order valence-corrected chi connectivity index (χ2v) is 8.88. The molecule has 148 valence electrons. The number of thioether (sulfide) groups is 1. The first kappa shape index (κ1) is 20.7. The van der Waals surface area contributed by atoms with Gasteiger partial charge in [0.1, 0.15) is 5.37 Å². The minimum atomic E-state index is -0.630. The Morgan fingerprint density at radius 3 is 2.61 bits per heavy atom. The quantitative estimate of drug-likeness (QED) is 0.656. The number of amides is 2. The van der Waals surface area contributed by atoms with Crippen LogP contribution in [-0.2, 0) is 16.0 Å². The van der Waals surface area contributed by atoms with Crippen molar-refractivity contribution in [3.63, 3.8) is 0 Å². The lowest BCUT2D eigenvalue weighted by Crippen LogP contribution is -2.32. The molecule has 0 aliphatic carbocycles. The Labute approximate surface area is 175 Å². The predicted molar refractivity (Wildman–Crippen MR) is 118 cm³/mol. The van der Waals surface area contributed by atoms with Gasteiger partial charge in [0.15, 0.2) is 0 Å². The third kappa shape index (κ3) is 4.36. The summed E-state index contributed by atoms with van der Waals surface area (Å²) >= 11 is 7.49. The maximum atomic E-state index is 12.5. The molecule has 0 aromatic heterocycles. The van der Waals surface area contributed by atoms with E-state index in [0.29, 0.717) is 5.75 Å². The van der Waals surface area contributed by atoms with Crippen LogP contribution in [0.15, 0.2) is 48.5 Å². The first-order valence-electron chi connectivity index (χ1n) is 9.35. The van der Waals surface area contributed by atoms with Gasteiger partial charge in [0.2, 0.25) is 11.8 Å². The van der Waals surface area contributed by atoms with Crippen LogP contribution in [0, 0.1) is 5.41 Å². The largest absolute Gasteiger partial charge is 0.326 e. The lowest BCUT2D eigenvalue weighted by atomic mass is 9.95. The molecule has 0 radical (unpaired) electrons. The van der Waals surface area contributed by atoms with Gasteiger partial charge in [-0.1, -0.05) is 31.2 Å². The molecule has 0 saturated carbocycles. The standard InChI is InChI=1S/C22H25ClN2O2S/c1-4-15-6-5-7-18(12-15)25-19(26)13-28-20(25)16-8-10-17(11-9-16)24-21(27)22(2,3)14-23/h5-12,20H,4,13-14H2,1-3H3,(H,24,27)/t20-/m1/s1. The molecule has 4 nitrogen and oxygen atoms in total. The Bertz CT molecular complexity index is 867. The minimum Gasteiger partial charge on any atom is -0.326 e. The van der Waals surface area contributed by atoms with Crippen molar-refractivity contribution in [1.82, 2.24) is 0 Å². The number of benzene rings is 2. The zero-order valence-electron chi connectivity index (χ0n) is 16.4. The molecule has 0 unspecified atom stereocenters. The van der Waals surface area contributed by atoms with E-state index >= 15 is 0 Å². The summed E-state index contributed by atoms with van der Waals surface area (Å²) in [7, 11) is 0. The van der Waals surface area contributed by atoms with Crippen LogP contribution in [0.25, 0.3) is 0 Å². The van der Waals surface area contributed by atoms with Crippen molar-refractivity contribution in [2.24, 2.45) is 5.41 Å². The van der Waals surface area contributed by atoms with E-state index in [1.807, 2.05) is 55.1 Å². The van der Waals surface area contributed by atoms with Crippen LogP contribution in [0.1, 0.15) is 37.3 Å². The zero-order chi connectivity index (χ0) is 20.3. The molecule has 1 saturated heterocycles. The van der Waals surface area contributed by atoms with Gasteiger partial charge in [-0.05, 0) is 55.7 Å². The fraction of sp³-hybridized carbons (Fsp3) is 0.364. The summed E-state index contributed by atoms with van der Waals surface area (Å²) in [4.78, 5) is 26.7. The highest BCUT2D eigenvalue weighted by atomic mass is 35.5. The number of hydrogen-bond acceptors (Lipinski definition) is 3. The van der Waals surface area contributed by atoms with Crippen LogP contribution in [0.2, 0.25) is 0 Å². The average Bonchev–Trinajstić information content (AvgIpc) is 3.10. The van der Waals surface area contributed by atoms with Gasteiger partial charge < -0.3 is 5.32 Å². The molecule has 1 N–H and O–H groups in total. The first-order chi connectivity index (χ1) is 13.4. The van der Waals surface area contributed by atoms with E-state index in [4.69, 9.17) is 11.6 Å². The molecule has 1 fully saturated rings. The smallest absolute Gasteiger partial charge is 0.238 e. The summed E-state index contributed by atoms with van der Waals surface area (Å²) in [5, 5.41) is 2.84. The van der Waals surface area contributed by atoms with Gasteiger partial charge in [-0.25, -0.2) is 0 Å². The van der Waals surface area contributed by atoms with E-state index in [0.717, 1.165) is 23.4 Å². The van der Waals surface area contributed by atoms with Crippen molar-refractivity contribution in [2.45, 2.75) is 32.6 Å². The highest BCUT2D eigenvalue weighted by molar-refractivity contribution is 8.00. The number of carbonyl (C=O) groups is 2. The average molecular weight is 417 g/mol. The summed E-state index contributed by atoms with van der Waals surface area (Å²) in [6.07, 6.45) is 0.931. The van der Waals surface area contributed by atoms with Gasteiger partial charge in [-0.3, -0.25) is 14.5 Å². The number of aryl methyl sites for hydroxylation is 1. The zero-order valence-corrected chi connectivity index (χ0v) is 17.9. The van der Waals surface area contributed by atoms with Crippen LogP contribution in [0.5, 0.6) is 0 Å². The van der Waals surface area contributed by atoms with Gasteiger partial charge in [0, 0.05) is 17.3 Å². The topological polar surface area (TPSA) is 49.4 Å². The summed E-state index contributed by atoms with van der Waals surface area (Å²) in [5.74, 6) is 0.718. The third-order valence-electron chi connectivity index (χ3n) is 4.87. The molecular formula is C22H25ClN2O2S. The minimum absolute atomic E-state index is 0.0661. The summed E-state index contributed by atoms with van der Waals surface area (Å²) in [6.45, 7) is 5.73. The molecule has 1 heterocycles. The van der Waals surface area contributed by atoms with E-state index in [9.17, 15) is 9.59 Å². The molecule has 2 aromatic carbocycles. The van der Waals surface area contributed by atoms with Crippen LogP contribution in [0.4, 0.5) is 11.4 Å².